The van der Waals surface area contributed by atoms with Gasteiger partial charge < -0.3 is 11.1 Å². The highest BCUT2D eigenvalue weighted by atomic mass is 32.2. The van der Waals surface area contributed by atoms with Crippen LogP contribution in [0.4, 0.5) is 5.69 Å². The van der Waals surface area contributed by atoms with Crippen LogP contribution in [0.2, 0.25) is 0 Å². The second-order valence-corrected chi connectivity index (χ2v) is 5.12. The summed E-state index contributed by atoms with van der Waals surface area (Å²) in [5.74, 6) is -0.141. The predicted octanol–water partition coefficient (Wildman–Crippen LogP) is 2.31. The second-order valence-electron chi connectivity index (χ2n) is 3.40. The van der Waals surface area contributed by atoms with E-state index in [1.54, 1.807) is 6.08 Å². The van der Waals surface area contributed by atoms with Crippen LogP contribution >= 0.6 is 24.0 Å². The highest BCUT2D eigenvalue weighted by Crippen LogP contribution is 2.23. The summed E-state index contributed by atoms with van der Waals surface area (Å²) < 4.78 is 0.499. The Balaban J connectivity index is 2.10. The monoisotopic (exact) mass is 262 g/mol. The van der Waals surface area contributed by atoms with Crippen molar-refractivity contribution in [1.29, 1.82) is 0 Å². The van der Waals surface area contributed by atoms with E-state index in [4.69, 9.17) is 18.0 Å². The number of rotatable bonds is 2. The molecule has 0 aliphatic carbocycles. The van der Waals surface area contributed by atoms with Gasteiger partial charge in [0.25, 0.3) is 5.91 Å². The number of hydrogen-bond acceptors (Lipinski definition) is 4. The van der Waals surface area contributed by atoms with E-state index in [2.05, 4.69) is 5.32 Å². The van der Waals surface area contributed by atoms with Gasteiger partial charge in [-0.15, -0.1) is 0 Å². The van der Waals surface area contributed by atoms with Crippen molar-refractivity contribution >= 4 is 46.0 Å². The zero-order valence-electron chi connectivity index (χ0n) is 8.84. The first kappa shape index (κ1) is 11.9. The van der Waals surface area contributed by atoms with Crippen LogP contribution in [0.15, 0.2) is 41.3 Å². The molecular formula is C12H10N2OS2. The van der Waals surface area contributed by atoms with E-state index in [9.17, 15) is 4.79 Å². The summed E-state index contributed by atoms with van der Waals surface area (Å²) in [5, 5.41) is 2.56. The number of amides is 1. The third-order valence-corrected chi connectivity index (χ3v) is 3.27. The van der Waals surface area contributed by atoms with Crippen molar-refractivity contribution in [3.8, 4) is 0 Å². The average Bonchev–Trinajstić information content (AvgIpc) is 2.58. The van der Waals surface area contributed by atoms with E-state index >= 15 is 0 Å². The fourth-order valence-corrected chi connectivity index (χ4v) is 2.34. The molecule has 3 N–H and O–H groups in total. The zero-order chi connectivity index (χ0) is 12.3. The quantitative estimate of drug-likeness (QED) is 0.488. The summed E-state index contributed by atoms with van der Waals surface area (Å²) in [7, 11) is 0. The van der Waals surface area contributed by atoms with Gasteiger partial charge in [0.05, 0.1) is 4.91 Å². The number of thiocarbonyl (C=S) groups is 1. The minimum absolute atomic E-state index is 0.141. The molecule has 17 heavy (non-hydrogen) atoms. The van der Waals surface area contributed by atoms with Gasteiger partial charge in [-0.1, -0.05) is 48.3 Å². The molecule has 0 atom stereocenters. The minimum Gasteiger partial charge on any atom is -0.399 e. The van der Waals surface area contributed by atoms with Crippen LogP contribution < -0.4 is 11.1 Å². The van der Waals surface area contributed by atoms with Crippen molar-refractivity contribution in [3.05, 3.63) is 46.9 Å². The number of carbonyl (C=O) groups excluding carboxylic acids is 1. The lowest BCUT2D eigenvalue weighted by Crippen LogP contribution is -2.17. The Morgan fingerprint density at radius 1 is 1.41 bits per heavy atom. The Bertz CT molecular complexity index is 535. The maximum absolute atomic E-state index is 11.3. The lowest BCUT2D eigenvalue weighted by molar-refractivity contribution is -0.115. The van der Waals surface area contributed by atoms with Gasteiger partial charge in [0.2, 0.25) is 0 Å². The fraction of sp³-hybridized carbons (Fsp3) is 0. The first-order valence-electron chi connectivity index (χ1n) is 4.92. The standard InChI is InChI=1S/C12H10N2OS2/c13-9-5-1-3-8(7-9)4-2-6-10-11(15)14-12(16)17-10/h1-7H,13H2,(H,14,15,16). The molecule has 0 bridgehead atoms. The van der Waals surface area contributed by atoms with Crippen LogP contribution in [-0.2, 0) is 4.79 Å². The Hall–Kier alpha value is -1.59. The lowest BCUT2D eigenvalue weighted by atomic mass is 10.2. The molecule has 2 rings (SSSR count). The number of nitrogens with one attached hydrogen (secondary N) is 1. The molecule has 1 aliphatic rings. The highest BCUT2D eigenvalue weighted by molar-refractivity contribution is 8.26. The Labute approximate surface area is 109 Å². The van der Waals surface area contributed by atoms with Gasteiger partial charge in [0, 0.05) is 5.69 Å². The molecule has 0 aromatic heterocycles. The van der Waals surface area contributed by atoms with E-state index in [-0.39, 0.29) is 5.91 Å². The number of anilines is 1. The normalized spacial score (nSPS) is 18.0. The maximum Gasteiger partial charge on any atom is 0.263 e. The average molecular weight is 262 g/mol. The number of nitrogen functional groups attached to an aromatic ring is 1. The third-order valence-electron chi connectivity index (χ3n) is 2.09. The largest absolute Gasteiger partial charge is 0.399 e. The second kappa shape index (κ2) is 5.16. The molecule has 1 aromatic rings. The topological polar surface area (TPSA) is 55.1 Å². The maximum atomic E-state index is 11.3. The van der Waals surface area contributed by atoms with Crippen molar-refractivity contribution in [2.24, 2.45) is 0 Å². The minimum atomic E-state index is -0.141. The number of nitrogens with two attached hydrogens (primary N) is 1. The summed E-state index contributed by atoms with van der Waals surface area (Å²) in [4.78, 5) is 11.9. The van der Waals surface area contributed by atoms with Crippen molar-refractivity contribution in [2.75, 3.05) is 5.73 Å². The molecule has 5 heteroatoms. The first-order valence-corrected chi connectivity index (χ1v) is 6.15. The van der Waals surface area contributed by atoms with E-state index in [1.807, 2.05) is 36.4 Å². The van der Waals surface area contributed by atoms with Gasteiger partial charge in [0.15, 0.2) is 0 Å². The third kappa shape index (κ3) is 3.18. The highest BCUT2D eigenvalue weighted by Gasteiger charge is 2.20. The summed E-state index contributed by atoms with van der Waals surface area (Å²) in [6.45, 7) is 0. The van der Waals surface area contributed by atoms with Crippen LogP contribution in [0, 0.1) is 0 Å². The molecule has 1 aromatic carbocycles. The first-order chi connectivity index (χ1) is 8.15. The molecule has 3 nitrogen and oxygen atoms in total. The Morgan fingerprint density at radius 2 is 2.24 bits per heavy atom. The molecule has 1 aliphatic heterocycles. The molecule has 0 spiro atoms. The SMILES string of the molecule is Nc1cccc(C=CC=C2SC(=S)NC2=O)c1. The molecule has 86 valence electrons. The van der Waals surface area contributed by atoms with Gasteiger partial charge in [-0.3, -0.25) is 4.79 Å². The summed E-state index contributed by atoms with van der Waals surface area (Å²) in [6.07, 6.45) is 5.44. The van der Waals surface area contributed by atoms with E-state index in [1.165, 1.54) is 11.8 Å². The molecule has 0 unspecified atom stereocenters. The number of thioether (sulfide) groups is 1. The van der Waals surface area contributed by atoms with E-state index in [0.717, 1.165) is 5.56 Å². The molecule has 0 saturated carbocycles. The Morgan fingerprint density at radius 3 is 2.88 bits per heavy atom. The number of carbonyl (C=O) groups is 1. The van der Waals surface area contributed by atoms with Gasteiger partial charge in [-0.05, 0) is 23.8 Å². The van der Waals surface area contributed by atoms with Crippen LogP contribution in [0.25, 0.3) is 6.08 Å². The number of allylic oxidation sites excluding steroid dienone is 2. The fourth-order valence-electron chi connectivity index (χ4n) is 1.35. The molecule has 1 amide bonds. The number of benzene rings is 1. The van der Waals surface area contributed by atoms with Crippen molar-refractivity contribution in [3.63, 3.8) is 0 Å². The predicted molar refractivity (Wildman–Crippen MR) is 76.3 cm³/mol. The van der Waals surface area contributed by atoms with E-state index in [0.29, 0.717) is 14.9 Å². The van der Waals surface area contributed by atoms with Gasteiger partial charge >= 0.3 is 0 Å². The van der Waals surface area contributed by atoms with Crippen molar-refractivity contribution < 1.29 is 4.79 Å². The van der Waals surface area contributed by atoms with Crippen LogP contribution in [0.1, 0.15) is 5.56 Å². The molecule has 1 heterocycles. The molecule has 1 saturated heterocycles. The van der Waals surface area contributed by atoms with Gasteiger partial charge in [0.1, 0.15) is 4.32 Å². The lowest BCUT2D eigenvalue weighted by Gasteiger charge is -1.94. The Kier molecular flexibility index (Phi) is 3.61. The van der Waals surface area contributed by atoms with Crippen LogP contribution in [0.3, 0.4) is 0 Å². The molecule has 1 fully saturated rings. The van der Waals surface area contributed by atoms with Crippen LogP contribution in [0.5, 0.6) is 0 Å². The number of hydrogen-bond donors (Lipinski definition) is 2. The van der Waals surface area contributed by atoms with Crippen molar-refractivity contribution in [1.82, 2.24) is 5.32 Å². The molecular weight excluding hydrogens is 252 g/mol. The summed E-state index contributed by atoms with van der Waals surface area (Å²) >= 11 is 6.15. The van der Waals surface area contributed by atoms with Gasteiger partial charge in [-0.25, -0.2) is 0 Å². The molecule has 0 radical (unpaired) electrons. The van der Waals surface area contributed by atoms with Crippen LogP contribution in [-0.4, -0.2) is 10.2 Å². The smallest absolute Gasteiger partial charge is 0.263 e. The van der Waals surface area contributed by atoms with Crippen molar-refractivity contribution in [2.45, 2.75) is 0 Å². The van der Waals surface area contributed by atoms with Gasteiger partial charge in [-0.2, -0.15) is 0 Å². The summed E-state index contributed by atoms with van der Waals surface area (Å²) in [6, 6.07) is 7.52. The van der Waals surface area contributed by atoms with E-state index < -0.39 is 0 Å². The zero-order valence-corrected chi connectivity index (χ0v) is 10.5. The summed E-state index contributed by atoms with van der Waals surface area (Å²) in [5.41, 5.74) is 7.37.